The second kappa shape index (κ2) is 8.55. The zero-order chi connectivity index (χ0) is 33.7. The molecule has 13 nitrogen and oxygen atoms in total. The van der Waals surface area contributed by atoms with Gasteiger partial charge in [0.1, 0.15) is 24.5 Å². The molecule has 48 heavy (non-hydrogen) atoms. The summed E-state index contributed by atoms with van der Waals surface area (Å²) in [4.78, 5) is 57.8. The highest BCUT2D eigenvalue weighted by Gasteiger charge is 2.93. The van der Waals surface area contributed by atoms with Crippen LogP contribution < -0.4 is 10.6 Å². The third-order valence-electron chi connectivity index (χ3n) is 12.4. The molecule has 0 radical (unpaired) electrons. The molecular formula is C31H30N6O7S4. The Morgan fingerprint density at radius 2 is 1.15 bits per heavy atom. The minimum Gasteiger partial charge on any atom is -0.389 e. The van der Waals surface area contributed by atoms with Crippen LogP contribution in [-0.4, -0.2) is 123 Å². The number of rotatable bonds is 2. The maximum atomic E-state index is 14.9. The Morgan fingerprint density at radius 3 is 1.67 bits per heavy atom. The molecule has 4 bridgehead atoms. The third kappa shape index (κ3) is 2.48. The van der Waals surface area contributed by atoms with Crippen LogP contribution in [0.25, 0.3) is 0 Å². The number of likely N-dealkylation sites (N-methyl/N-ethyl adjacent to an activating group) is 2. The van der Waals surface area contributed by atoms with Gasteiger partial charge in [0.15, 0.2) is 4.87 Å². The predicted octanol–water partition coefficient (Wildman–Crippen LogP) is 0.692. The van der Waals surface area contributed by atoms with Crippen LogP contribution in [0.15, 0.2) is 48.5 Å². The average Bonchev–Trinajstić information content (AvgIpc) is 3.72. The van der Waals surface area contributed by atoms with Crippen molar-refractivity contribution >= 4 is 78.2 Å². The fourth-order valence-corrected chi connectivity index (χ4v) is 17.7. The van der Waals surface area contributed by atoms with Gasteiger partial charge in [0.05, 0.1) is 16.9 Å². The first-order valence-corrected chi connectivity index (χ1v) is 19.8. The molecule has 250 valence electrons. The second-order valence-corrected chi connectivity index (χ2v) is 19.2. The lowest BCUT2D eigenvalue weighted by molar-refractivity contribution is -0.172. The first-order valence-electron chi connectivity index (χ1n) is 15.5. The fourth-order valence-electron chi connectivity index (χ4n) is 10.2. The maximum Gasteiger partial charge on any atom is 0.266 e. The van der Waals surface area contributed by atoms with Crippen molar-refractivity contribution in [3.8, 4) is 0 Å². The van der Waals surface area contributed by atoms with E-state index in [0.717, 1.165) is 32.4 Å². The molecule has 10 aliphatic rings. The molecule has 10 heterocycles. The van der Waals surface area contributed by atoms with Gasteiger partial charge in [0.25, 0.3) is 23.6 Å². The summed E-state index contributed by atoms with van der Waals surface area (Å²) in [6, 6.07) is 14.5. The number of nitrogens with zero attached hydrogens (tertiary/aromatic N) is 4. The van der Waals surface area contributed by atoms with Crippen LogP contribution in [0, 0.1) is 0 Å². The SMILES string of the molecule is C[C@H](O)[C@@]12SS[C@]3(C(=O)N1C)[C@@H](O)[C@]1([C@@]45c6ccccc6N[C@@H]4N4C(=O)[C@]6(C)SS[C@]4(C(=O)N6C)[C@H]5O)c4ccccc4N[C@@H]1N3C2=O. The van der Waals surface area contributed by atoms with Gasteiger partial charge in [-0.2, -0.15) is 0 Å². The van der Waals surface area contributed by atoms with Gasteiger partial charge in [-0.3, -0.25) is 29.0 Å². The topological polar surface area (TPSA) is 166 Å². The molecule has 0 unspecified atom stereocenters. The molecule has 2 aromatic carbocycles. The van der Waals surface area contributed by atoms with Crippen molar-refractivity contribution in [1.82, 2.24) is 19.6 Å². The van der Waals surface area contributed by atoms with E-state index in [2.05, 4.69) is 10.6 Å². The molecule has 2 aromatic rings. The van der Waals surface area contributed by atoms with Gasteiger partial charge >= 0.3 is 0 Å². The summed E-state index contributed by atoms with van der Waals surface area (Å²) < 4.78 is 0. The molecule has 2 spiro atoms. The molecule has 10 aliphatic heterocycles. The van der Waals surface area contributed by atoms with E-state index in [1.165, 1.54) is 44.4 Å². The average molecular weight is 727 g/mol. The molecular weight excluding hydrogens is 697 g/mol. The van der Waals surface area contributed by atoms with Gasteiger partial charge in [-0.1, -0.05) is 47.2 Å². The fraction of sp³-hybridized carbons (Fsp3) is 0.484. The van der Waals surface area contributed by atoms with Gasteiger partial charge in [0, 0.05) is 25.5 Å². The number of carbonyl (C=O) groups is 4. The Bertz CT molecular complexity index is 1950. The van der Waals surface area contributed by atoms with Crippen LogP contribution in [0.4, 0.5) is 11.4 Å². The Hall–Kier alpha value is -2.80. The summed E-state index contributed by atoms with van der Waals surface area (Å²) in [7, 11) is 7.46. The van der Waals surface area contributed by atoms with Gasteiger partial charge in [-0.05, 0) is 69.5 Å². The summed E-state index contributed by atoms with van der Waals surface area (Å²) in [5.41, 5.74) is -1.15. The van der Waals surface area contributed by atoms with E-state index in [0.29, 0.717) is 22.5 Å². The predicted molar refractivity (Wildman–Crippen MR) is 181 cm³/mol. The van der Waals surface area contributed by atoms with Crippen LogP contribution in [0.1, 0.15) is 25.0 Å². The van der Waals surface area contributed by atoms with E-state index in [1.54, 1.807) is 26.1 Å². The number of carbonyl (C=O) groups excluding carboxylic acids is 4. The Kier molecular flexibility index (Phi) is 5.36. The number of fused-ring (bicyclic) bond motifs is 11. The first kappa shape index (κ1) is 30.1. The van der Waals surface area contributed by atoms with Crippen LogP contribution in [-0.2, 0) is 30.0 Å². The summed E-state index contributed by atoms with van der Waals surface area (Å²) in [6.45, 7) is 3.16. The zero-order valence-electron chi connectivity index (χ0n) is 25.9. The summed E-state index contributed by atoms with van der Waals surface area (Å²) in [5.74, 6) is -1.94. The monoisotopic (exact) mass is 726 g/mol. The van der Waals surface area contributed by atoms with E-state index in [9.17, 15) is 34.5 Å². The lowest BCUT2D eigenvalue weighted by Crippen LogP contribution is -2.80. The lowest BCUT2D eigenvalue weighted by Gasteiger charge is -2.59. The molecule has 12 rings (SSSR count). The number of hydrogen-bond donors (Lipinski definition) is 5. The minimum absolute atomic E-state index is 0.374. The Labute approximate surface area is 290 Å². The molecule has 17 heteroatoms. The Morgan fingerprint density at radius 1 is 0.688 bits per heavy atom. The quantitative estimate of drug-likeness (QED) is 0.275. The van der Waals surface area contributed by atoms with Crippen LogP contribution in [0.3, 0.4) is 0 Å². The second-order valence-electron chi connectivity index (χ2n) is 13.9. The highest BCUT2D eigenvalue weighted by molar-refractivity contribution is 8.78. The smallest absolute Gasteiger partial charge is 0.266 e. The number of hydrogen-bond acceptors (Lipinski definition) is 13. The number of aliphatic hydroxyl groups is 3. The van der Waals surface area contributed by atoms with Crippen LogP contribution >= 0.6 is 43.2 Å². The molecule has 0 saturated carbocycles. The van der Waals surface area contributed by atoms with Crippen molar-refractivity contribution in [1.29, 1.82) is 0 Å². The van der Waals surface area contributed by atoms with Gasteiger partial charge < -0.3 is 35.8 Å². The normalized spacial score (nSPS) is 46.2. The number of benzene rings is 2. The van der Waals surface area contributed by atoms with Crippen molar-refractivity contribution in [2.24, 2.45) is 0 Å². The van der Waals surface area contributed by atoms with E-state index < -0.39 is 78.7 Å². The molecule has 8 saturated heterocycles. The van der Waals surface area contributed by atoms with Gasteiger partial charge in [0.2, 0.25) is 14.6 Å². The van der Waals surface area contributed by atoms with Crippen molar-refractivity contribution in [3.05, 3.63) is 59.7 Å². The van der Waals surface area contributed by atoms with E-state index >= 15 is 0 Å². The standard InChI is InChI=1S/C31H30N6O7S4/c1-13(38)29-25(44)37-21-28(15-10-6-8-12-17(15)33-21,19(40)31(37,48-46-29)24(43)35(29)4)27-14-9-5-7-11-16(14)32-20(27)36-22(41)26(2)34(3)23(42)30(36,18(27)39)47-45-26/h5-13,18-21,32-33,38-40H,1-4H3/t13-,18-,19-,20+,21+,26-,27+,28+,29-,30-,31-/m0/s1. The van der Waals surface area contributed by atoms with Crippen LogP contribution in [0.2, 0.25) is 0 Å². The highest BCUT2D eigenvalue weighted by Crippen LogP contribution is 2.78. The molecule has 11 atom stereocenters. The summed E-state index contributed by atoms with van der Waals surface area (Å²) in [6.07, 6.45) is -6.80. The Balaban J connectivity index is 1.34. The van der Waals surface area contributed by atoms with Crippen molar-refractivity contribution in [2.75, 3.05) is 24.7 Å². The maximum absolute atomic E-state index is 14.9. The largest absolute Gasteiger partial charge is 0.389 e. The number of anilines is 2. The molecule has 5 N–H and O–H groups in total. The van der Waals surface area contributed by atoms with E-state index in [1.807, 2.05) is 36.4 Å². The summed E-state index contributed by atoms with van der Waals surface area (Å²) in [5, 5.41) is 44.8. The number of piperazine rings is 2. The number of nitrogens with one attached hydrogen (secondary N) is 2. The number of aliphatic hydroxyl groups excluding tert-OH is 3. The summed E-state index contributed by atoms with van der Waals surface area (Å²) >= 11 is 0. The lowest BCUT2D eigenvalue weighted by atomic mass is 9.52. The van der Waals surface area contributed by atoms with Crippen molar-refractivity contribution in [2.45, 2.75) is 74.8 Å². The molecule has 0 aromatic heterocycles. The van der Waals surface area contributed by atoms with Gasteiger partial charge in [-0.15, -0.1) is 0 Å². The molecule has 0 aliphatic carbocycles. The third-order valence-corrected chi connectivity index (χ3v) is 19.8. The van der Waals surface area contributed by atoms with Gasteiger partial charge in [-0.25, -0.2) is 0 Å². The minimum atomic E-state index is -1.88. The number of amides is 4. The van der Waals surface area contributed by atoms with Crippen molar-refractivity contribution in [3.63, 3.8) is 0 Å². The molecule has 8 fully saturated rings. The first-order chi connectivity index (χ1) is 22.8. The van der Waals surface area contributed by atoms with Crippen LogP contribution in [0.5, 0.6) is 0 Å². The van der Waals surface area contributed by atoms with E-state index in [-0.39, 0.29) is 5.91 Å². The molecule has 4 amide bonds. The zero-order valence-corrected chi connectivity index (χ0v) is 29.2. The number of para-hydroxylation sites is 2. The highest BCUT2D eigenvalue weighted by atomic mass is 33.1. The van der Waals surface area contributed by atoms with E-state index in [4.69, 9.17) is 0 Å². The van der Waals surface area contributed by atoms with Crippen molar-refractivity contribution < 1.29 is 34.5 Å².